The molecule has 0 heterocycles. The van der Waals surface area contributed by atoms with Crippen LogP contribution in [0.2, 0.25) is 0 Å². The van der Waals surface area contributed by atoms with Crippen LogP contribution in [-0.2, 0) is 9.53 Å². The molecule has 0 aliphatic heterocycles. The molecular weight excluding hydrogens is 450 g/mol. The van der Waals surface area contributed by atoms with E-state index in [0.717, 1.165) is 19.3 Å². The Bertz CT molecular complexity index is 959. The lowest BCUT2D eigenvalue weighted by molar-refractivity contribution is -0.116. The van der Waals surface area contributed by atoms with Crippen LogP contribution in [0.3, 0.4) is 0 Å². The number of carbonyl (C=O) groups is 3. The molecule has 0 saturated heterocycles. The largest absolute Gasteiger partial charge is 0.490 e. The van der Waals surface area contributed by atoms with Gasteiger partial charge < -0.3 is 24.3 Å². The smallest absolute Gasteiger partial charge is 0.338 e. The zero-order valence-corrected chi connectivity index (χ0v) is 21.0. The van der Waals surface area contributed by atoms with Gasteiger partial charge in [-0.25, -0.2) is 4.79 Å². The first-order valence-electron chi connectivity index (χ1n) is 12.1. The number of hydrogen-bond donors (Lipinski definition) is 1. The number of unbranched alkanes of at least 4 members (excludes halogenated alkanes) is 2. The number of amides is 1. The van der Waals surface area contributed by atoms with Crippen molar-refractivity contribution >= 4 is 23.3 Å². The fraction of sp³-hybridized carbons (Fsp3) is 0.444. The molecule has 0 fully saturated rings. The Morgan fingerprint density at radius 2 is 1.37 bits per heavy atom. The molecular formula is C27H35NO7. The second-order valence-electron chi connectivity index (χ2n) is 7.68. The van der Waals surface area contributed by atoms with Gasteiger partial charge in [0, 0.05) is 17.7 Å². The van der Waals surface area contributed by atoms with E-state index in [1.54, 1.807) is 24.3 Å². The van der Waals surface area contributed by atoms with Gasteiger partial charge in [0.2, 0.25) is 11.7 Å². The molecule has 0 atom stereocenters. The van der Waals surface area contributed by atoms with Crippen molar-refractivity contribution in [1.29, 1.82) is 0 Å². The number of ketones is 1. The molecule has 0 aromatic heterocycles. The first-order chi connectivity index (χ1) is 16.9. The van der Waals surface area contributed by atoms with Crippen LogP contribution in [0.1, 0.15) is 74.1 Å². The number of nitrogens with one attached hydrogen (secondary N) is 1. The molecule has 0 unspecified atom stereocenters. The van der Waals surface area contributed by atoms with Crippen molar-refractivity contribution in [2.45, 2.75) is 53.4 Å². The maximum Gasteiger partial charge on any atom is 0.338 e. The predicted octanol–water partition coefficient (Wildman–Crippen LogP) is 5.44. The summed E-state index contributed by atoms with van der Waals surface area (Å²) in [5.74, 6) is 0.0530. The standard InChI is InChI=1S/C27H35NO7/c1-5-9-10-11-25(30)28-21-14-12-19(13-15-21)22(29)18-35-27(31)20-16-23(32-6-2)26(34-8-4)24(17-20)33-7-3/h12-17H,5-11,18H2,1-4H3,(H,28,30). The van der Waals surface area contributed by atoms with Gasteiger partial charge in [-0.3, -0.25) is 9.59 Å². The predicted molar refractivity (Wildman–Crippen MR) is 134 cm³/mol. The molecule has 0 radical (unpaired) electrons. The van der Waals surface area contributed by atoms with Gasteiger partial charge in [0.1, 0.15) is 0 Å². The minimum Gasteiger partial charge on any atom is -0.490 e. The van der Waals surface area contributed by atoms with Gasteiger partial charge in [-0.15, -0.1) is 0 Å². The molecule has 35 heavy (non-hydrogen) atoms. The van der Waals surface area contributed by atoms with Gasteiger partial charge in [0.25, 0.3) is 0 Å². The first-order valence-corrected chi connectivity index (χ1v) is 12.1. The lowest BCUT2D eigenvalue weighted by Gasteiger charge is -2.16. The maximum absolute atomic E-state index is 12.7. The van der Waals surface area contributed by atoms with Crippen molar-refractivity contribution in [3.8, 4) is 17.2 Å². The molecule has 0 saturated carbocycles. The highest BCUT2D eigenvalue weighted by atomic mass is 16.5. The van der Waals surface area contributed by atoms with E-state index in [4.69, 9.17) is 18.9 Å². The Morgan fingerprint density at radius 3 is 1.91 bits per heavy atom. The summed E-state index contributed by atoms with van der Waals surface area (Å²) in [6, 6.07) is 9.53. The van der Waals surface area contributed by atoms with Crippen LogP contribution in [0.5, 0.6) is 17.2 Å². The summed E-state index contributed by atoms with van der Waals surface area (Å²) >= 11 is 0. The lowest BCUT2D eigenvalue weighted by atomic mass is 10.1. The molecule has 2 aromatic rings. The molecule has 0 aliphatic rings. The Kier molecular flexibility index (Phi) is 11.6. The molecule has 0 aliphatic carbocycles. The zero-order chi connectivity index (χ0) is 25.6. The van der Waals surface area contributed by atoms with E-state index in [2.05, 4.69) is 12.2 Å². The first kappa shape index (κ1) is 27.7. The summed E-state index contributed by atoms with van der Waals surface area (Å²) in [6.07, 6.45) is 3.37. The van der Waals surface area contributed by atoms with Gasteiger partial charge >= 0.3 is 5.97 Å². The molecule has 1 amide bonds. The topological polar surface area (TPSA) is 100 Å². The average molecular weight is 486 g/mol. The third kappa shape index (κ3) is 8.63. The van der Waals surface area contributed by atoms with Crippen molar-refractivity contribution in [2.24, 2.45) is 0 Å². The van der Waals surface area contributed by atoms with Gasteiger partial charge in [-0.05, 0) is 63.6 Å². The van der Waals surface area contributed by atoms with Crippen LogP contribution < -0.4 is 19.5 Å². The quantitative estimate of drug-likeness (QED) is 0.204. The molecule has 0 bridgehead atoms. The van der Waals surface area contributed by atoms with Crippen molar-refractivity contribution < 1.29 is 33.3 Å². The van der Waals surface area contributed by atoms with Crippen molar-refractivity contribution in [3.63, 3.8) is 0 Å². The third-order valence-corrected chi connectivity index (χ3v) is 4.98. The minimum atomic E-state index is -0.681. The van der Waals surface area contributed by atoms with E-state index in [-0.39, 0.29) is 17.3 Å². The van der Waals surface area contributed by atoms with E-state index in [1.807, 2.05) is 20.8 Å². The van der Waals surface area contributed by atoms with Gasteiger partial charge in [-0.1, -0.05) is 19.8 Å². The molecule has 1 N–H and O–H groups in total. The molecule has 0 spiro atoms. The van der Waals surface area contributed by atoms with Gasteiger partial charge in [-0.2, -0.15) is 0 Å². The van der Waals surface area contributed by atoms with E-state index in [0.29, 0.717) is 54.7 Å². The molecule has 2 rings (SSSR count). The summed E-state index contributed by atoms with van der Waals surface area (Å²) in [5.41, 5.74) is 1.18. The van der Waals surface area contributed by atoms with Crippen LogP contribution >= 0.6 is 0 Å². The zero-order valence-electron chi connectivity index (χ0n) is 21.0. The number of rotatable bonds is 15. The number of Topliss-reactive ketones (excluding diaryl/α,β-unsaturated/α-hetero) is 1. The highest BCUT2D eigenvalue weighted by Crippen LogP contribution is 2.39. The molecule has 2 aromatic carbocycles. The van der Waals surface area contributed by atoms with Gasteiger partial charge in [0.05, 0.1) is 25.4 Å². The van der Waals surface area contributed by atoms with Crippen molar-refractivity contribution in [1.82, 2.24) is 0 Å². The molecule has 190 valence electrons. The number of ether oxygens (including phenoxy) is 4. The fourth-order valence-corrected chi connectivity index (χ4v) is 3.30. The van der Waals surface area contributed by atoms with Crippen LogP contribution in [0.15, 0.2) is 36.4 Å². The number of benzene rings is 2. The van der Waals surface area contributed by atoms with Crippen LogP contribution in [0.4, 0.5) is 5.69 Å². The third-order valence-electron chi connectivity index (χ3n) is 4.98. The van der Waals surface area contributed by atoms with Crippen LogP contribution in [0.25, 0.3) is 0 Å². The SMILES string of the molecule is CCCCCC(=O)Nc1ccc(C(=O)COC(=O)c2cc(OCC)c(OCC)c(OCC)c2)cc1. The summed E-state index contributed by atoms with van der Waals surface area (Å²) < 4.78 is 22.1. The fourth-order valence-electron chi connectivity index (χ4n) is 3.30. The molecule has 8 heteroatoms. The monoisotopic (exact) mass is 485 g/mol. The summed E-state index contributed by atoms with van der Waals surface area (Å²) in [4.78, 5) is 37.1. The Labute approximate surface area is 206 Å². The highest BCUT2D eigenvalue weighted by molar-refractivity contribution is 6.00. The van der Waals surface area contributed by atoms with E-state index >= 15 is 0 Å². The number of hydrogen-bond acceptors (Lipinski definition) is 7. The summed E-state index contributed by atoms with van der Waals surface area (Å²) in [7, 11) is 0. The number of esters is 1. The van der Waals surface area contributed by atoms with Gasteiger partial charge in [0.15, 0.2) is 23.9 Å². The summed E-state index contributed by atoms with van der Waals surface area (Å²) in [5, 5.41) is 2.81. The minimum absolute atomic E-state index is 0.0559. The Balaban J connectivity index is 2.02. The maximum atomic E-state index is 12.7. The second kappa shape index (κ2) is 14.7. The van der Waals surface area contributed by atoms with Crippen LogP contribution in [-0.4, -0.2) is 44.1 Å². The highest BCUT2D eigenvalue weighted by Gasteiger charge is 2.20. The number of anilines is 1. The van der Waals surface area contributed by atoms with Crippen molar-refractivity contribution in [3.05, 3.63) is 47.5 Å². The van der Waals surface area contributed by atoms with E-state index < -0.39 is 12.6 Å². The van der Waals surface area contributed by atoms with E-state index in [9.17, 15) is 14.4 Å². The second-order valence-corrected chi connectivity index (χ2v) is 7.68. The Hall–Kier alpha value is -3.55. The lowest BCUT2D eigenvalue weighted by Crippen LogP contribution is -2.15. The van der Waals surface area contributed by atoms with E-state index in [1.165, 1.54) is 12.1 Å². The average Bonchev–Trinajstić information content (AvgIpc) is 2.85. The van der Waals surface area contributed by atoms with Crippen LogP contribution in [0, 0.1) is 0 Å². The normalized spacial score (nSPS) is 10.4. The van der Waals surface area contributed by atoms with Crippen molar-refractivity contribution in [2.75, 3.05) is 31.7 Å². The summed E-state index contributed by atoms with van der Waals surface area (Å²) in [6.45, 7) is 8.29. The Morgan fingerprint density at radius 1 is 0.771 bits per heavy atom. The number of carbonyl (C=O) groups excluding carboxylic acids is 3. The molecule has 8 nitrogen and oxygen atoms in total.